The Morgan fingerprint density at radius 3 is 2.18 bits per heavy atom. The molecule has 4 heteroatoms. The Morgan fingerprint density at radius 1 is 0.818 bits per heavy atom. The average Bonchev–Trinajstić information content (AvgIpc) is 2.88. The molecule has 1 aliphatic rings. The molecule has 1 aromatic heterocycles. The largest absolute Gasteiger partial charge is 0.357 e. The number of nitrogens with one attached hydrogen (secondary N) is 1. The first kappa shape index (κ1) is 12.7. The number of benzene rings is 2. The minimum Gasteiger partial charge on any atom is -0.357 e. The zero-order valence-electron chi connectivity index (χ0n) is 12.0. The van der Waals surface area contributed by atoms with Crippen molar-refractivity contribution in [2.75, 3.05) is 12.4 Å². The predicted molar refractivity (Wildman–Crippen MR) is 85.9 cm³/mol. The van der Waals surface area contributed by atoms with Crippen LogP contribution < -0.4 is 5.32 Å². The van der Waals surface area contributed by atoms with Crippen molar-refractivity contribution in [3.05, 3.63) is 65.7 Å². The molecule has 1 aliphatic carbocycles. The summed E-state index contributed by atoms with van der Waals surface area (Å²) in [4.78, 5) is 21.8. The van der Waals surface area contributed by atoms with Gasteiger partial charge in [-0.05, 0) is 0 Å². The van der Waals surface area contributed by atoms with Crippen molar-refractivity contribution in [3.63, 3.8) is 0 Å². The molecule has 0 atom stereocenters. The molecule has 0 amide bonds. The highest BCUT2D eigenvalue weighted by molar-refractivity contribution is 6.23. The molecule has 22 heavy (non-hydrogen) atoms. The SMILES string of the molecule is CNc1nc(-c2ccccc2)c2c(n1)-c1ccccc1C2=O. The lowest BCUT2D eigenvalue weighted by Gasteiger charge is -2.09. The van der Waals surface area contributed by atoms with E-state index in [0.717, 1.165) is 11.1 Å². The van der Waals surface area contributed by atoms with E-state index in [1.807, 2.05) is 54.6 Å². The molecular formula is C18H13N3O. The van der Waals surface area contributed by atoms with E-state index in [-0.39, 0.29) is 5.78 Å². The van der Waals surface area contributed by atoms with Gasteiger partial charge in [-0.3, -0.25) is 4.79 Å². The third-order valence-corrected chi connectivity index (χ3v) is 3.83. The lowest BCUT2D eigenvalue weighted by atomic mass is 10.0. The van der Waals surface area contributed by atoms with E-state index in [2.05, 4.69) is 15.3 Å². The summed E-state index contributed by atoms with van der Waals surface area (Å²) < 4.78 is 0. The lowest BCUT2D eigenvalue weighted by molar-refractivity contribution is 0.104. The number of fused-ring (bicyclic) bond motifs is 3. The maximum atomic E-state index is 12.8. The number of hydrogen-bond donors (Lipinski definition) is 1. The summed E-state index contributed by atoms with van der Waals surface area (Å²) >= 11 is 0. The first-order valence-electron chi connectivity index (χ1n) is 7.09. The predicted octanol–water partition coefficient (Wildman–Crippen LogP) is 3.40. The number of rotatable bonds is 2. The molecule has 0 aliphatic heterocycles. The molecule has 0 radical (unpaired) electrons. The van der Waals surface area contributed by atoms with Crippen LogP contribution in [0.4, 0.5) is 5.95 Å². The van der Waals surface area contributed by atoms with Crippen molar-refractivity contribution in [1.29, 1.82) is 0 Å². The Labute approximate surface area is 127 Å². The van der Waals surface area contributed by atoms with Crippen molar-refractivity contribution in [2.24, 2.45) is 0 Å². The van der Waals surface area contributed by atoms with Crippen LogP contribution >= 0.6 is 0 Å². The van der Waals surface area contributed by atoms with Gasteiger partial charge in [0.2, 0.25) is 5.95 Å². The monoisotopic (exact) mass is 287 g/mol. The van der Waals surface area contributed by atoms with Gasteiger partial charge < -0.3 is 5.32 Å². The number of nitrogens with zero attached hydrogens (tertiary/aromatic N) is 2. The van der Waals surface area contributed by atoms with Crippen molar-refractivity contribution in [2.45, 2.75) is 0 Å². The quantitative estimate of drug-likeness (QED) is 0.614. The molecule has 4 nitrogen and oxygen atoms in total. The fourth-order valence-electron chi connectivity index (χ4n) is 2.81. The Balaban J connectivity index is 2.06. The Kier molecular flexibility index (Phi) is 2.76. The molecule has 0 unspecified atom stereocenters. The van der Waals surface area contributed by atoms with Crippen LogP contribution in [-0.4, -0.2) is 22.8 Å². The van der Waals surface area contributed by atoms with Crippen molar-refractivity contribution in [3.8, 4) is 22.5 Å². The summed E-state index contributed by atoms with van der Waals surface area (Å²) in [6, 6.07) is 17.3. The van der Waals surface area contributed by atoms with Crippen LogP contribution in [0.5, 0.6) is 0 Å². The molecule has 2 aromatic carbocycles. The van der Waals surface area contributed by atoms with E-state index in [0.29, 0.717) is 28.5 Å². The van der Waals surface area contributed by atoms with Gasteiger partial charge in [-0.15, -0.1) is 0 Å². The molecule has 4 rings (SSSR count). The molecule has 0 saturated carbocycles. The van der Waals surface area contributed by atoms with E-state index in [1.54, 1.807) is 7.05 Å². The standard InChI is InChI=1S/C18H13N3O/c1-19-18-20-15(11-7-3-2-4-8-11)14-16(21-18)12-9-5-6-10-13(12)17(14)22/h2-10H,1H3,(H,19,20,21). The van der Waals surface area contributed by atoms with Crippen LogP contribution in [0.15, 0.2) is 54.6 Å². The molecule has 0 spiro atoms. The number of hydrogen-bond acceptors (Lipinski definition) is 4. The van der Waals surface area contributed by atoms with Gasteiger partial charge in [0.15, 0.2) is 5.78 Å². The number of carbonyl (C=O) groups excluding carboxylic acids is 1. The topological polar surface area (TPSA) is 54.9 Å². The van der Waals surface area contributed by atoms with Crippen LogP contribution in [-0.2, 0) is 0 Å². The number of carbonyl (C=O) groups is 1. The van der Waals surface area contributed by atoms with E-state index < -0.39 is 0 Å². The van der Waals surface area contributed by atoms with E-state index in [9.17, 15) is 4.79 Å². The first-order valence-corrected chi connectivity index (χ1v) is 7.09. The van der Waals surface area contributed by atoms with Gasteiger partial charge in [-0.2, -0.15) is 0 Å². The van der Waals surface area contributed by atoms with Gasteiger partial charge >= 0.3 is 0 Å². The number of anilines is 1. The van der Waals surface area contributed by atoms with Gasteiger partial charge in [0.05, 0.1) is 17.0 Å². The molecule has 1 N–H and O–H groups in total. The van der Waals surface area contributed by atoms with Gasteiger partial charge in [0.1, 0.15) is 0 Å². The molecule has 0 bridgehead atoms. The summed E-state index contributed by atoms with van der Waals surface area (Å²) in [7, 11) is 1.78. The summed E-state index contributed by atoms with van der Waals surface area (Å²) in [6.45, 7) is 0. The zero-order chi connectivity index (χ0) is 15.1. The Morgan fingerprint density at radius 2 is 1.45 bits per heavy atom. The van der Waals surface area contributed by atoms with Crippen molar-refractivity contribution >= 4 is 11.7 Å². The third-order valence-electron chi connectivity index (χ3n) is 3.83. The normalized spacial score (nSPS) is 12.0. The first-order chi connectivity index (χ1) is 10.8. The lowest BCUT2D eigenvalue weighted by Crippen LogP contribution is -2.05. The Bertz CT molecular complexity index is 888. The Hall–Kier alpha value is -3.01. The van der Waals surface area contributed by atoms with Gasteiger partial charge in [-0.25, -0.2) is 9.97 Å². The zero-order valence-corrected chi connectivity index (χ0v) is 12.0. The second kappa shape index (κ2) is 4.77. The summed E-state index contributed by atoms with van der Waals surface area (Å²) in [5, 5.41) is 2.98. The smallest absolute Gasteiger partial charge is 0.223 e. The van der Waals surface area contributed by atoms with Crippen LogP contribution in [0.1, 0.15) is 15.9 Å². The highest BCUT2D eigenvalue weighted by Gasteiger charge is 2.32. The van der Waals surface area contributed by atoms with Crippen LogP contribution in [0.3, 0.4) is 0 Å². The summed E-state index contributed by atoms with van der Waals surface area (Å²) in [6.07, 6.45) is 0. The fourth-order valence-corrected chi connectivity index (χ4v) is 2.81. The number of ketones is 1. The molecule has 3 aromatic rings. The second-order valence-corrected chi connectivity index (χ2v) is 5.11. The van der Waals surface area contributed by atoms with Crippen molar-refractivity contribution < 1.29 is 4.79 Å². The highest BCUT2D eigenvalue weighted by Crippen LogP contribution is 2.39. The molecule has 0 saturated heterocycles. The molecule has 1 heterocycles. The van der Waals surface area contributed by atoms with Gasteiger partial charge in [0.25, 0.3) is 0 Å². The fraction of sp³-hybridized carbons (Fsp3) is 0.0556. The van der Waals surface area contributed by atoms with Crippen LogP contribution in [0.2, 0.25) is 0 Å². The van der Waals surface area contributed by atoms with E-state index in [4.69, 9.17) is 0 Å². The third kappa shape index (κ3) is 1.74. The maximum absolute atomic E-state index is 12.8. The summed E-state index contributed by atoms with van der Waals surface area (Å²) in [5.74, 6) is 0.509. The maximum Gasteiger partial charge on any atom is 0.223 e. The minimum absolute atomic E-state index is 0.00731. The average molecular weight is 287 g/mol. The van der Waals surface area contributed by atoms with E-state index >= 15 is 0 Å². The van der Waals surface area contributed by atoms with Gasteiger partial charge in [-0.1, -0.05) is 54.6 Å². The molecule has 0 fully saturated rings. The second-order valence-electron chi connectivity index (χ2n) is 5.11. The van der Waals surface area contributed by atoms with E-state index in [1.165, 1.54) is 0 Å². The molecule has 106 valence electrons. The number of aromatic nitrogens is 2. The van der Waals surface area contributed by atoms with Gasteiger partial charge in [0, 0.05) is 23.7 Å². The van der Waals surface area contributed by atoms with Crippen LogP contribution in [0.25, 0.3) is 22.5 Å². The van der Waals surface area contributed by atoms with Crippen molar-refractivity contribution in [1.82, 2.24) is 9.97 Å². The molecular weight excluding hydrogens is 274 g/mol. The minimum atomic E-state index is -0.00731. The van der Waals surface area contributed by atoms with Crippen LogP contribution in [0, 0.1) is 0 Å². The summed E-state index contributed by atoms with van der Waals surface area (Å²) in [5.41, 5.74) is 4.45. The highest BCUT2D eigenvalue weighted by atomic mass is 16.1.